The molecule has 0 bridgehead atoms. The van der Waals surface area contributed by atoms with Crippen LogP contribution >= 0.6 is 0 Å². The average Bonchev–Trinajstić information content (AvgIpc) is 2.04. The molecule has 0 aliphatic carbocycles. The molecule has 0 saturated carbocycles. The topological polar surface area (TPSA) is 74.6 Å². The Hall–Kier alpha value is -0.840. The van der Waals surface area contributed by atoms with Gasteiger partial charge in [0.15, 0.2) is 0 Å². The maximum Gasteiger partial charge on any atom is 1.00 e. The van der Waals surface area contributed by atoms with E-state index in [1.54, 1.807) is 0 Å². The minimum absolute atomic E-state index is 0. The van der Waals surface area contributed by atoms with Gasteiger partial charge in [0.2, 0.25) is 0 Å². The molecule has 1 rings (SSSR count). The van der Waals surface area contributed by atoms with Crippen molar-refractivity contribution in [3.05, 3.63) is 35.4 Å². The van der Waals surface area contributed by atoms with Gasteiger partial charge in [0.05, 0.1) is 0 Å². The SMILES string of the molecule is O=C(O)c1c[c-]cc(C(=O)O)c1.[Na+]. The molecule has 0 aromatic heterocycles. The average molecular weight is 188 g/mol. The van der Waals surface area contributed by atoms with E-state index in [-0.39, 0.29) is 40.7 Å². The van der Waals surface area contributed by atoms with Gasteiger partial charge in [-0.3, -0.25) is 9.59 Å². The van der Waals surface area contributed by atoms with Crippen molar-refractivity contribution in [2.75, 3.05) is 0 Å². The molecule has 0 unspecified atom stereocenters. The second kappa shape index (κ2) is 5.01. The van der Waals surface area contributed by atoms with Gasteiger partial charge in [-0.05, 0) is 11.1 Å². The predicted molar refractivity (Wildman–Crippen MR) is 39.2 cm³/mol. The molecule has 5 heteroatoms. The summed E-state index contributed by atoms with van der Waals surface area (Å²) in [6.07, 6.45) is 0. The summed E-state index contributed by atoms with van der Waals surface area (Å²) in [5.74, 6) is -2.32. The largest absolute Gasteiger partial charge is 1.00 e. The van der Waals surface area contributed by atoms with Crippen LogP contribution in [0.1, 0.15) is 20.7 Å². The van der Waals surface area contributed by atoms with E-state index in [2.05, 4.69) is 6.07 Å². The molecule has 1 aromatic carbocycles. The van der Waals surface area contributed by atoms with Crippen LogP contribution in [0, 0.1) is 6.07 Å². The standard InChI is InChI=1S/C8H5O4.Na/c9-7(10)5-2-1-3-6(4-5)8(11)12;/h2-4H,(H,9,10)(H,11,12);/q-1;+1. The van der Waals surface area contributed by atoms with Gasteiger partial charge in [0.25, 0.3) is 11.9 Å². The van der Waals surface area contributed by atoms with E-state index in [9.17, 15) is 9.59 Å². The van der Waals surface area contributed by atoms with E-state index in [4.69, 9.17) is 10.2 Å². The van der Waals surface area contributed by atoms with Crippen molar-refractivity contribution in [3.63, 3.8) is 0 Å². The van der Waals surface area contributed by atoms with Gasteiger partial charge >= 0.3 is 29.6 Å². The van der Waals surface area contributed by atoms with Gasteiger partial charge in [0.1, 0.15) is 0 Å². The van der Waals surface area contributed by atoms with Crippen LogP contribution in [0.3, 0.4) is 0 Å². The molecule has 0 aliphatic heterocycles. The molecule has 62 valence electrons. The molecule has 0 amide bonds. The van der Waals surface area contributed by atoms with Crippen molar-refractivity contribution < 1.29 is 49.4 Å². The van der Waals surface area contributed by atoms with Crippen LogP contribution in [0.15, 0.2) is 18.2 Å². The molecular formula is C8H5NaO4. The Bertz CT molecular complexity index is 305. The summed E-state index contributed by atoms with van der Waals surface area (Å²) in [6.45, 7) is 0. The molecule has 4 nitrogen and oxygen atoms in total. The number of aromatic carboxylic acids is 2. The second-order valence-electron chi connectivity index (χ2n) is 2.12. The Morgan fingerprint density at radius 1 is 1.08 bits per heavy atom. The van der Waals surface area contributed by atoms with E-state index < -0.39 is 11.9 Å². The number of carbonyl (C=O) groups is 2. The third-order valence-electron chi connectivity index (χ3n) is 1.28. The normalized spacial score (nSPS) is 8.62. The zero-order chi connectivity index (χ0) is 9.14. The number of rotatable bonds is 2. The molecule has 0 saturated heterocycles. The van der Waals surface area contributed by atoms with E-state index in [0.717, 1.165) is 6.07 Å². The minimum atomic E-state index is -1.16. The zero-order valence-electron chi connectivity index (χ0n) is 6.94. The van der Waals surface area contributed by atoms with Crippen molar-refractivity contribution in [1.82, 2.24) is 0 Å². The Morgan fingerprint density at radius 3 is 1.77 bits per heavy atom. The summed E-state index contributed by atoms with van der Waals surface area (Å²) in [4.78, 5) is 20.7. The number of benzene rings is 1. The van der Waals surface area contributed by atoms with Crippen LogP contribution in [-0.4, -0.2) is 22.2 Å². The molecule has 0 radical (unpaired) electrons. The fourth-order valence-corrected chi connectivity index (χ4v) is 0.719. The maximum absolute atomic E-state index is 10.4. The molecule has 1 aromatic rings. The second-order valence-corrected chi connectivity index (χ2v) is 2.12. The van der Waals surface area contributed by atoms with Crippen LogP contribution in [-0.2, 0) is 0 Å². The summed E-state index contributed by atoms with van der Waals surface area (Å²) < 4.78 is 0. The van der Waals surface area contributed by atoms with Gasteiger partial charge in [0, 0.05) is 0 Å². The number of carboxylic acid groups (broad SMARTS) is 2. The van der Waals surface area contributed by atoms with E-state index >= 15 is 0 Å². The first-order valence-corrected chi connectivity index (χ1v) is 3.09. The van der Waals surface area contributed by atoms with E-state index in [1.165, 1.54) is 12.1 Å². The van der Waals surface area contributed by atoms with Crippen LogP contribution < -0.4 is 29.6 Å². The van der Waals surface area contributed by atoms with Gasteiger partial charge < -0.3 is 10.2 Å². The van der Waals surface area contributed by atoms with Crippen molar-refractivity contribution >= 4 is 11.9 Å². The molecule has 0 atom stereocenters. The Labute approximate surface area is 96.5 Å². The van der Waals surface area contributed by atoms with Gasteiger partial charge in [-0.1, -0.05) is 0 Å². The van der Waals surface area contributed by atoms with Crippen molar-refractivity contribution in [2.24, 2.45) is 0 Å². The summed E-state index contributed by atoms with van der Waals surface area (Å²) in [7, 11) is 0. The molecular weight excluding hydrogens is 183 g/mol. The van der Waals surface area contributed by atoms with Gasteiger partial charge in [-0.15, -0.1) is 6.07 Å². The van der Waals surface area contributed by atoms with Crippen LogP contribution in [0.5, 0.6) is 0 Å². The quantitative estimate of drug-likeness (QED) is 0.411. The van der Waals surface area contributed by atoms with Crippen molar-refractivity contribution in [2.45, 2.75) is 0 Å². The number of carboxylic acids is 2. The first-order valence-electron chi connectivity index (χ1n) is 3.09. The number of hydrogen-bond donors (Lipinski definition) is 2. The van der Waals surface area contributed by atoms with Gasteiger partial charge in [-0.25, -0.2) is 0 Å². The third-order valence-corrected chi connectivity index (χ3v) is 1.28. The van der Waals surface area contributed by atoms with Crippen molar-refractivity contribution in [3.8, 4) is 0 Å². The van der Waals surface area contributed by atoms with Gasteiger partial charge in [-0.2, -0.15) is 18.2 Å². The summed E-state index contributed by atoms with van der Waals surface area (Å²) in [5, 5.41) is 17.0. The summed E-state index contributed by atoms with van der Waals surface area (Å²) in [5.41, 5.74) is -0.148. The smallest absolute Gasteiger partial charge is 0.487 e. The Morgan fingerprint density at radius 2 is 1.46 bits per heavy atom. The van der Waals surface area contributed by atoms with Crippen LogP contribution in [0.4, 0.5) is 0 Å². The molecule has 0 fully saturated rings. The minimum Gasteiger partial charge on any atom is -0.487 e. The molecule has 0 heterocycles. The molecule has 0 spiro atoms. The molecule has 0 aliphatic rings. The molecule has 2 N–H and O–H groups in total. The molecule has 13 heavy (non-hydrogen) atoms. The fourth-order valence-electron chi connectivity index (χ4n) is 0.719. The monoisotopic (exact) mass is 188 g/mol. The summed E-state index contributed by atoms with van der Waals surface area (Å²) >= 11 is 0. The van der Waals surface area contributed by atoms with Crippen molar-refractivity contribution in [1.29, 1.82) is 0 Å². The first-order chi connectivity index (χ1) is 5.61. The van der Waals surface area contributed by atoms with Crippen LogP contribution in [0.2, 0.25) is 0 Å². The maximum atomic E-state index is 10.4. The number of hydrogen-bond acceptors (Lipinski definition) is 2. The Balaban J connectivity index is 0.00000144. The first kappa shape index (κ1) is 12.2. The predicted octanol–water partition coefficient (Wildman–Crippen LogP) is -2.11. The zero-order valence-corrected chi connectivity index (χ0v) is 8.94. The Kier molecular flexibility index (Phi) is 4.69. The van der Waals surface area contributed by atoms with Crippen LogP contribution in [0.25, 0.3) is 0 Å². The van der Waals surface area contributed by atoms with E-state index in [1.807, 2.05) is 0 Å². The van der Waals surface area contributed by atoms with E-state index in [0.29, 0.717) is 0 Å². The fraction of sp³-hybridized carbons (Fsp3) is 0. The summed E-state index contributed by atoms with van der Waals surface area (Å²) in [6, 6.07) is 5.95. The third kappa shape index (κ3) is 3.18.